The second-order valence-corrected chi connectivity index (χ2v) is 5.65. The zero-order chi connectivity index (χ0) is 17.8. The minimum absolute atomic E-state index is 0.228. The molecule has 1 aromatic carbocycles. The molecular weight excluding hydrogens is 324 g/mol. The van der Waals surface area contributed by atoms with Crippen molar-refractivity contribution in [2.45, 2.75) is 20.4 Å². The minimum atomic E-state index is -0.276. The van der Waals surface area contributed by atoms with E-state index >= 15 is 0 Å². The molecule has 0 unspecified atom stereocenters. The van der Waals surface area contributed by atoms with Gasteiger partial charge in [0.15, 0.2) is 6.39 Å². The maximum Gasteiger partial charge on any atom is 0.319 e. The van der Waals surface area contributed by atoms with Crippen LogP contribution >= 0.6 is 0 Å². The molecule has 1 aliphatic heterocycles. The maximum absolute atomic E-state index is 12.6. The number of hydrogen-bond acceptors (Lipinski definition) is 5. The fourth-order valence-electron chi connectivity index (χ4n) is 2.63. The molecule has 3 rings (SSSR count). The van der Waals surface area contributed by atoms with E-state index < -0.39 is 0 Å². The van der Waals surface area contributed by atoms with Gasteiger partial charge in [0.2, 0.25) is 5.76 Å². The van der Waals surface area contributed by atoms with E-state index in [1.165, 1.54) is 6.39 Å². The molecule has 0 radical (unpaired) electrons. The quantitative estimate of drug-likeness (QED) is 0.889. The lowest BCUT2D eigenvalue weighted by Gasteiger charge is -2.18. The molecule has 0 bridgehead atoms. The van der Waals surface area contributed by atoms with Crippen LogP contribution in [0.15, 0.2) is 29.0 Å². The van der Waals surface area contributed by atoms with Crippen molar-refractivity contribution < 1.29 is 18.7 Å². The first-order chi connectivity index (χ1) is 12.1. The van der Waals surface area contributed by atoms with Gasteiger partial charge in [0.05, 0.1) is 12.2 Å². The smallest absolute Gasteiger partial charge is 0.319 e. The normalized spacial score (nSPS) is 13.4. The summed E-state index contributed by atoms with van der Waals surface area (Å²) in [5.41, 5.74) is 2.01. The van der Waals surface area contributed by atoms with Gasteiger partial charge < -0.3 is 24.7 Å². The number of benzene rings is 1. The predicted octanol–water partition coefficient (Wildman–Crippen LogP) is 2.16. The van der Waals surface area contributed by atoms with Crippen LogP contribution in [0.3, 0.4) is 0 Å². The molecular formula is C17H20N4O4. The number of nitrogens with one attached hydrogen (secondary N) is 2. The molecule has 1 aliphatic rings. The summed E-state index contributed by atoms with van der Waals surface area (Å²) in [5, 5.41) is 5.43. The Morgan fingerprint density at radius 1 is 1.36 bits per heavy atom. The van der Waals surface area contributed by atoms with E-state index in [9.17, 15) is 9.59 Å². The Hall–Kier alpha value is -3.03. The van der Waals surface area contributed by atoms with Gasteiger partial charge in [0.1, 0.15) is 12.4 Å². The summed E-state index contributed by atoms with van der Waals surface area (Å²) in [6, 6.07) is 5.10. The Morgan fingerprint density at radius 2 is 2.20 bits per heavy atom. The molecule has 0 aliphatic carbocycles. The summed E-state index contributed by atoms with van der Waals surface area (Å²) in [6.07, 6.45) is 1.26. The summed E-state index contributed by atoms with van der Waals surface area (Å²) < 4.78 is 10.9. The Kier molecular flexibility index (Phi) is 4.87. The van der Waals surface area contributed by atoms with Crippen molar-refractivity contribution in [3.8, 4) is 5.75 Å². The van der Waals surface area contributed by atoms with Gasteiger partial charge in [-0.25, -0.2) is 9.78 Å². The summed E-state index contributed by atoms with van der Waals surface area (Å²) in [6.45, 7) is 5.30. The second kappa shape index (κ2) is 7.25. The van der Waals surface area contributed by atoms with Crippen LogP contribution in [0, 0.1) is 6.92 Å². The zero-order valence-corrected chi connectivity index (χ0v) is 14.2. The Labute approximate surface area is 145 Å². The van der Waals surface area contributed by atoms with Gasteiger partial charge in [-0.05, 0) is 32.0 Å². The fourth-order valence-corrected chi connectivity index (χ4v) is 2.63. The average Bonchev–Trinajstić information content (AvgIpc) is 2.89. The second-order valence-electron chi connectivity index (χ2n) is 5.65. The van der Waals surface area contributed by atoms with Gasteiger partial charge in [-0.2, -0.15) is 0 Å². The minimum Gasteiger partial charge on any atom is -0.491 e. The largest absolute Gasteiger partial charge is 0.491 e. The monoisotopic (exact) mass is 344 g/mol. The number of nitrogens with zero attached hydrogens (tertiary/aromatic N) is 2. The molecule has 0 saturated heterocycles. The van der Waals surface area contributed by atoms with E-state index in [-0.39, 0.29) is 17.7 Å². The van der Waals surface area contributed by atoms with Crippen molar-refractivity contribution in [2.24, 2.45) is 0 Å². The zero-order valence-electron chi connectivity index (χ0n) is 14.2. The number of rotatable bonds is 3. The number of fused-ring (bicyclic) bond motifs is 1. The number of ether oxygens (including phenoxy) is 1. The Balaban J connectivity index is 1.80. The number of hydrogen-bond donors (Lipinski definition) is 2. The highest BCUT2D eigenvalue weighted by atomic mass is 16.5. The molecule has 0 atom stereocenters. The predicted molar refractivity (Wildman–Crippen MR) is 90.6 cm³/mol. The molecule has 25 heavy (non-hydrogen) atoms. The van der Waals surface area contributed by atoms with E-state index in [4.69, 9.17) is 9.15 Å². The molecule has 2 N–H and O–H groups in total. The Bertz CT molecular complexity index is 787. The number of amides is 3. The highest BCUT2D eigenvalue weighted by Crippen LogP contribution is 2.27. The van der Waals surface area contributed by atoms with Crippen LogP contribution in [-0.4, -0.2) is 41.5 Å². The number of carbonyl (C=O) groups is 2. The van der Waals surface area contributed by atoms with E-state index in [0.29, 0.717) is 43.4 Å². The standard InChI is InChI=1S/C17H20N4O4/c1-3-18-17(23)20-13-4-5-14-12(8-13)9-21(6-7-24-14)16(22)15-11(2)19-10-25-15/h4-5,8,10H,3,6-7,9H2,1-2H3,(H2,18,20,23). The third-order valence-electron chi connectivity index (χ3n) is 3.86. The Morgan fingerprint density at radius 3 is 2.92 bits per heavy atom. The van der Waals surface area contributed by atoms with E-state index in [2.05, 4.69) is 15.6 Å². The first kappa shape index (κ1) is 16.8. The number of oxazole rings is 1. The SMILES string of the molecule is CCNC(=O)Nc1ccc2c(c1)CN(C(=O)c1ocnc1C)CCO2. The molecule has 2 heterocycles. The van der Waals surface area contributed by atoms with Crippen LogP contribution in [-0.2, 0) is 6.54 Å². The van der Waals surface area contributed by atoms with Crippen molar-refractivity contribution >= 4 is 17.6 Å². The highest BCUT2D eigenvalue weighted by Gasteiger charge is 2.25. The summed E-state index contributed by atoms with van der Waals surface area (Å²) in [4.78, 5) is 29.9. The van der Waals surface area contributed by atoms with Crippen molar-refractivity contribution in [3.63, 3.8) is 0 Å². The number of anilines is 1. The lowest BCUT2D eigenvalue weighted by Crippen LogP contribution is -2.32. The number of urea groups is 1. The van der Waals surface area contributed by atoms with Crippen molar-refractivity contribution in [1.29, 1.82) is 0 Å². The molecule has 132 valence electrons. The van der Waals surface area contributed by atoms with E-state index in [1.807, 2.05) is 13.0 Å². The number of aryl methyl sites for hydroxylation is 1. The van der Waals surface area contributed by atoms with Gasteiger partial charge >= 0.3 is 6.03 Å². The third-order valence-corrected chi connectivity index (χ3v) is 3.86. The topological polar surface area (TPSA) is 96.7 Å². The van der Waals surface area contributed by atoms with E-state index in [1.54, 1.807) is 24.0 Å². The molecule has 3 amide bonds. The third kappa shape index (κ3) is 3.73. The van der Waals surface area contributed by atoms with Crippen LogP contribution in [0.4, 0.5) is 10.5 Å². The van der Waals surface area contributed by atoms with E-state index in [0.717, 1.165) is 5.56 Å². The van der Waals surface area contributed by atoms with Gasteiger partial charge in [0, 0.05) is 24.3 Å². The molecule has 8 nitrogen and oxygen atoms in total. The molecule has 1 aromatic heterocycles. The van der Waals surface area contributed by atoms with Crippen LogP contribution in [0.25, 0.3) is 0 Å². The van der Waals surface area contributed by atoms with Crippen LogP contribution < -0.4 is 15.4 Å². The maximum atomic E-state index is 12.6. The van der Waals surface area contributed by atoms with Crippen molar-refractivity contribution in [2.75, 3.05) is 25.0 Å². The van der Waals surface area contributed by atoms with Crippen LogP contribution in [0.1, 0.15) is 28.7 Å². The van der Waals surface area contributed by atoms with Gasteiger partial charge in [-0.15, -0.1) is 0 Å². The first-order valence-corrected chi connectivity index (χ1v) is 8.08. The average molecular weight is 344 g/mol. The van der Waals surface area contributed by atoms with Gasteiger partial charge in [-0.1, -0.05) is 0 Å². The molecule has 2 aromatic rings. The summed E-state index contributed by atoms with van der Waals surface area (Å²) in [5.74, 6) is 0.708. The molecule has 0 fully saturated rings. The van der Waals surface area contributed by atoms with Crippen LogP contribution in [0.5, 0.6) is 5.75 Å². The lowest BCUT2D eigenvalue weighted by molar-refractivity contribution is 0.0700. The lowest BCUT2D eigenvalue weighted by atomic mass is 10.1. The van der Waals surface area contributed by atoms with Gasteiger partial charge in [-0.3, -0.25) is 4.79 Å². The number of carbonyl (C=O) groups excluding carboxylic acids is 2. The fraction of sp³-hybridized carbons (Fsp3) is 0.353. The highest BCUT2D eigenvalue weighted by molar-refractivity contribution is 5.92. The van der Waals surface area contributed by atoms with Crippen molar-refractivity contribution in [3.05, 3.63) is 41.6 Å². The summed E-state index contributed by atoms with van der Waals surface area (Å²) >= 11 is 0. The molecule has 0 saturated carbocycles. The summed E-state index contributed by atoms with van der Waals surface area (Å²) in [7, 11) is 0. The first-order valence-electron chi connectivity index (χ1n) is 8.08. The van der Waals surface area contributed by atoms with Crippen LogP contribution in [0.2, 0.25) is 0 Å². The molecule has 0 spiro atoms. The van der Waals surface area contributed by atoms with Crippen molar-refractivity contribution in [1.82, 2.24) is 15.2 Å². The molecule has 8 heteroatoms. The van der Waals surface area contributed by atoms with Gasteiger partial charge in [0.25, 0.3) is 5.91 Å². The number of aromatic nitrogens is 1.